The molecule has 2 heterocycles. The molecule has 0 saturated heterocycles. The van der Waals surface area contributed by atoms with Crippen LogP contribution in [0.15, 0.2) is 72.8 Å². The van der Waals surface area contributed by atoms with Gasteiger partial charge >= 0.3 is 0 Å². The second-order valence-corrected chi connectivity index (χ2v) is 9.32. The van der Waals surface area contributed by atoms with E-state index < -0.39 is 0 Å². The van der Waals surface area contributed by atoms with Gasteiger partial charge in [-0.3, -0.25) is 10.2 Å². The molecule has 0 atom stereocenters. The first kappa shape index (κ1) is 24.0. The average molecular weight is 455 g/mol. The molecule has 0 amide bonds. The second-order valence-electron chi connectivity index (χ2n) is 9.32. The molecule has 4 rings (SSSR count). The number of aryl methyl sites for hydroxylation is 2. The second kappa shape index (κ2) is 13.5. The average Bonchev–Trinajstić information content (AvgIpc) is 3.56. The zero-order valence-electron chi connectivity index (χ0n) is 20.3. The van der Waals surface area contributed by atoms with Crippen LogP contribution in [0.4, 0.5) is 0 Å². The number of unbranched alkanes of at least 4 members (excludes halogenated alkanes) is 9. The van der Waals surface area contributed by atoms with Crippen molar-refractivity contribution in [3.8, 4) is 22.5 Å². The maximum Gasteiger partial charge on any atom is 0.0923 e. The summed E-state index contributed by atoms with van der Waals surface area (Å²) < 4.78 is 0. The highest BCUT2D eigenvalue weighted by molar-refractivity contribution is 5.59. The summed E-state index contributed by atoms with van der Waals surface area (Å²) in [5.74, 6) is 0. The van der Waals surface area contributed by atoms with Crippen molar-refractivity contribution in [1.29, 1.82) is 0 Å². The zero-order valence-corrected chi connectivity index (χ0v) is 20.3. The van der Waals surface area contributed by atoms with E-state index in [0.29, 0.717) is 0 Å². The van der Waals surface area contributed by atoms with Crippen molar-refractivity contribution in [2.75, 3.05) is 0 Å². The Hall–Kier alpha value is -3.14. The summed E-state index contributed by atoms with van der Waals surface area (Å²) in [7, 11) is 0. The van der Waals surface area contributed by atoms with Gasteiger partial charge in [-0.25, -0.2) is 0 Å². The van der Waals surface area contributed by atoms with Gasteiger partial charge < -0.3 is 0 Å². The Morgan fingerprint density at radius 1 is 0.441 bits per heavy atom. The third-order valence-electron chi connectivity index (χ3n) is 6.54. The van der Waals surface area contributed by atoms with E-state index in [0.717, 1.165) is 24.2 Å². The number of hydrogen-bond acceptors (Lipinski definition) is 2. The fourth-order valence-electron chi connectivity index (χ4n) is 4.54. The lowest BCUT2D eigenvalue weighted by atomic mass is 10.0. The normalized spacial score (nSPS) is 11.2. The molecule has 0 unspecified atom stereocenters. The number of hydrogen-bond donors (Lipinski definition) is 2. The van der Waals surface area contributed by atoms with E-state index in [-0.39, 0.29) is 0 Å². The zero-order chi connectivity index (χ0) is 23.3. The lowest BCUT2D eigenvalue weighted by Crippen LogP contribution is -1.88. The largest absolute Gasteiger partial charge is 0.282 e. The molecular weight excluding hydrogens is 416 g/mol. The van der Waals surface area contributed by atoms with E-state index in [4.69, 9.17) is 0 Å². The van der Waals surface area contributed by atoms with Crippen molar-refractivity contribution in [3.63, 3.8) is 0 Å². The number of aromatic nitrogens is 4. The molecular formula is C30H38N4. The fraction of sp³-hybridized carbons (Fsp3) is 0.400. The molecule has 4 heteroatoms. The molecule has 0 aliphatic rings. The van der Waals surface area contributed by atoms with Crippen molar-refractivity contribution < 1.29 is 0 Å². The van der Waals surface area contributed by atoms with Crippen LogP contribution in [0.2, 0.25) is 0 Å². The van der Waals surface area contributed by atoms with Crippen molar-refractivity contribution in [2.24, 2.45) is 0 Å². The van der Waals surface area contributed by atoms with Crippen LogP contribution in [0, 0.1) is 0 Å². The molecule has 178 valence electrons. The SMILES string of the molecule is c1ccc(-c2cc(CCCCCCCCCCCCc3cc(-c4ccccc4)n[nH]3)[nH]n2)cc1. The summed E-state index contributed by atoms with van der Waals surface area (Å²) in [4.78, 5) is 0. The van der Waals surface area contributed by atoms with Gasteiger partial charge in [0.05, 0.1) is 11.4 Å². The molecule has 4 nitrogen and oxygen atoms in total. The Labute approximate surface area is 204 Å². The number of H-pyrrole nitrogens is 2. The molecule has 0 bridgehead atoms. The molecule has 0 spiro atoms. The van der Waals surface area contributed by atoms with Crippen molar-refractivity contribution in [3.05, 3.63) is 84.2 Å². The van der Waals surface area contributed by atoms with Gasteiger partial charge in [-0.05, 0) is 37.8 Å². The van der Waals surface area contributed by atoms with Crippen LogP contribution in [-0.4, -0.2) is 20.4 Å². The molecule has 0 saturated carbocycles. The van der Waals surface area contributed by atoms with Gasteiger partial charge in [-0.15, -0.1) is 0 Å². The van der Waals surface area contributed by atoms with Gasteiger partial charge in [-0.1, -0.05) is 112 Å². The summed E-state index contributed by atoms with van der Waals surface area (Å²) in [6.45, 7) is 0. The Morgan fingerprint density at radius 2 is 0.794 bits per heavy atom. The summed E-state index contributed by atoms with van der Waals surface area (Å²) in [5.41, 5.74) is 6.98. The van der Waals surface area contributed by atoms with Gasteiger partial charge in [0, 0.05) is 22.5 Å². The number of nitrogens with one attached hydrogen (secondary N) is 2. The van der Waals surface area contributed by atoms with Crippen LogP contribution in [0.3, 0.4) is 0 Å². The number of nitrogens with zero attached hydrogens (tertiary/aromatic N) is 2. The lowest BCUT2D eigenvalue weighted by molar-refractivity contribution is 0.549. The van der Waals surface area contributed by atoms with E-state index in [9.17, 15) is 0 Å². The monoisotopic (exact) mass is 454 g/mol. The minimum Gasteiger partial charge on any atom is -0.282 e. The molecule has 0 fully saturated rings. The molecule has 0 radical (unpaired) electrons. The van der Waals surface area contributed by atoms with Crippen molar-refractivity contribution in [1.82, 2.24) is 20.4 Å². The summed E-state index contributed by atoms with van der Waals surface area (Å²) in [6.07, 6.45) is 15.5. The Balaban J connectivity index is 0.970. The maximum absolute atomic E-state index is 4.46. The topological polar surface area (TPSA) is 57.4 Å². The highest BCUT2D eigenvalue weighted by atomic mass is 15.1. The number of rotatable bonds is 15. The number of aromatic amines is 2. The highest BCUT2D eigenvalue weighted by Gasteiger charge is 2.04. The van der Waals surface area contributed by atoms with Crippen LogP contribution < -0.4 is 0 Å². The molecule has 4 aromatic rings. The van der Waals surface area contributed by atoms with Gasteiger partial charge in [0.25, 0.3) is 0 Å². The Kier molecular flexibility index (Phi) is 9.56. The lowest BCUT2D eigenvalue weighted by Gasteiger charge is -2.02. The molecule has 0 aliphatic carbocycles. The van der Waals surface area contributed by atoms with Crippen LogP contribution in [0.1, 0.15) is 75.6 Å². The molecule has 2 aromatic heterocycles. The summed E-state index contributed by atoms with van der Waals surface area (Å²) in [6, 6.07) is 25.2. The van der Waals surface area contributed by atoms with E-state index in [1.165, 1.54) is 86.7 Å². The van der Waals surface area contributed by atoms with Gasteiger partial charge in [0.15, 0.2) is 0 Å². The quantitative estimate of drug-likeness (QED) is 0.178. The minimum absolute atomic E-state index is 1.05. The van der Waals surface area contributed by atoms with Gasteiger partial charge in [-0.2, -0.15) is 10.2 Å². The van der Waals surface area contributed by atoms with Crippen LogP contribution in [0.25, 0.3) is 22.5 Å². The first-order valence-corrected chi connectivity index (χ1v) is 13.1. The van der Waals surface area contributed by atoms with Crippen LogP contribution in [0.5, 0.6) is 0 Å². The van der Waals surface area contributed by atoms with Crippen LogP contribution >= 0.6 is 0 Å². The van der Waals surface area contributed by atoms with Gasteiger partial charge in [0.2, 0.25) is 0 Å². The molecule has 34 heavy (non-hydrogen) atoms. The first-order chi connectivity index (χ1) is 16.9. The standard InChI is InChI=1S/C30H38N4/c1(3-5-7-15-21-27-23-29(33-31-27)25-17-11-9-12-18-25)2-4-6-8-16-22-28-24-30(34-32-28)26-19-13-10-14-20-26/h9-14,17-20,23-24H,1-8,15-16,21-22H2,(H,31,33)(H,32,34). The first-order valence-electron chi connectivity index (χ1n) is 13.1. The molecule has 2 N–H and O–H groups in total. The minimum atomic E-state index is 1.05. The van der Waals surface area contributed by atoms with Crippen molar-refractivity contribution >= 4 is 0 Å². The van der Waals surface area contributed by atoms with E-state index in [1.54, 1.807) is 0 Å². The highest BCUT2D eigenvalue weighted by Crippen LogP contribution is 2.20. The maximum atomic E-state index is 4.46. The van der Waals surface area contributed by atoms with Crippen LogP contribution in [-0.2, 0) is 12.8 Å². The van der Waals surface area contributed by atoms with Gasteiger partial charge in [0.1, 0.15) is 0 Å². The predicted molar refractivity (Wildman–Crippen MR) is 142 cm³/mol. The molecule has 0 aliphatic heterocycles. The van der Waals surface area contributed by atoms with E-state index >= 15 is 0 Å². The number of benzene rings is 2. The Bertz CT molecular complexity index is 978. The predicted octanol–water partition coefficient (Wildman–Crippen LogP) is 8.15. The molecule has 2 aromatic carbocycles. The summed E-state index contributed by atoms with van der Waals surface area (Å²) in [5, 5.41) is 15.3. The smallest absolute Gasteiger partial charge is 0.0923 e. The van der Waals surface area contributed by atoms with Crippen molar-refractivity contribution in [2.45, 2.75) is 77.0 Å². The van der Waals surface area contributed by atoms with E-state index in [2.05, 4.69) is 81.1 Å². The third kappa shape index (κ3) is 7.72. The fourth-order valence-corrected chi connectivity index (χ4v) is 4.54. The van der Waals surface area contributed by atoms with E-state index in [1.807, 2.05) is 12.1 Å². The Morgan fingerprint density at radius 3 is 1.18 bits per heavy atom. The third-order valence-corrected chi connectivity index (χ3v) is 6.54. The summed E-state index contributed by atoms with van der Waals surface area (Å²) >= 11 is 0.